The van der Waals surface area contributed by atoms with Crippen molar-refractivity contribution in [1.82, 2.24) is 15.0 Å². The summed E-state index contributed by atoms with van der Waals surface area (Å²) in [6.45, 7) is 2.04. The van der Waals surface area contributed by atoms with Gasteiger partial charge in [-0.25, -0.2) is 9.97 Å². The number of methoxy groups -OCH3 is 1. The van der Waals surface area contributed by atoms with E-state index in [0.29, 0.717) is 0 Å². The molecule has 2 N–H and O–H groups in total. The molecule has 23 heavy (non-hydrogen) atoms. The van der Waals surface area contributed by atoms with Gasteiger partial charge in [-0.1, -0.05) is 0 Å². The molecule has 2 heterocycles. The number of hydrogen-bond donors (Lipinski definition) is 2. The molecule has 0 spiro atoms. The Kier molecular flexibility index (Phi) is 3.12. The van der Waals surface area contributed by atoms with Crippen molar-refractivity contribution in [1.29, 1.82) is 0 Å². The van der Waals surface area contributed by atoms with E-state index in [9.17, 15) is 0 Å². The second-order valence-electron chi connectivity index (χ2n) is 5.45. The topological polar surface area (TPSA) is 62.8 Å². The molecule has 0 aliphatic rings. The molecule has 2 aromatic heterocycles. The number of aryl methyl sites for hydroxylation is 1. The fourth-order valence-corrected chi connectivity index (χ4v) is 2.81. The predicted molar refractivity (Wildman–Crippen MR) is 92.4 cm³/mol. The fraction of sp³-hybridized carbons (Fsp3) is 0.111. The van der Waals surface area contributed by atoms with E-state index in [1.807, 2.05) is 43.3 Å². The summed E-state index contributed by atoms with van der Waals surface area (Å²) in [5, 5.41) is 4.52. The molecule has 5 nitrogen and oxygen atoms in total. The number of anilines is 2. The number of nitrogens with zero attached hydrogens (tertiary/aromatic N) is 2. The first-order chi connectivity index (χ1) is 11.2. The summed E-state index contributed by atoms with van der Waals surface area (Å²) in [7, 11) is 1.66. The van der Waals surface area contributed by atoms with E-state index in [1.165, 1.54) is 0 Å². The second-order valence-corrected chi connectivity index (χ2v) is 5.45. The molecule has 0 saturated heterocycles. The molecular weight excluding hydrogens is 288 g/mol. The van der Waals surface area contributed by atoms with E-state index in [4.69, 9.17) is 4.74 Å². The van der Waals surface area contributed by atoms with E-state index >= 15 is 0 Å². The smallest absolute Gasteiger partial charge is 0.119 e. The van der Waals surface area contributed by atoms with Gasteiger partial charge in [0, 0.05) is 22.3 Å². The number of ether oxygens (including phenoxy) is 1. The molecule has 0 saturated carbocycles. The van der Waals surface area contributed by atoms with Gasteiger partial charge in [0.25, 0.3) is 0 Å². The van der Waals surface area contributed by atoms with Gasteiger partial charge in [0.2, 0.25) is 0 Å². The Balaban J connectivity index is 1.88. The molecule has 0 bridgehead atoms. The minimum absolute atomic E-state index is 0.835. The predicted octanol–water partition coefficient (Wildman–Crippen LogP) is 4.17. The average molecular weight is 304 g/mol. The van der Waals surface area contributed by atoms with Gasteiger partial charge < -0.3 is 15.0 Å². The van der Waals surface area contributed by atoms with Crippen LogP contribution >= 0.6 is 0 Å². The van der Waals surface area contributed by atoms with Crippen LogP contribution in [0.2, 0.25) is 0 Å². The Morgan fingerprint density at radius 1 is 1.04 bits per heavy atom. The minimum atomic E-state index is 0.835. The SMILES string of the molecule is COc1ccc(Nc2cc(C)[nH]c3ccc4ncnc4c23)cc1. The van der Waals surface area contributed by atoms with Crippen molar-refractivity contribution in [3.05, 3.63) is 54.5 Å². The summed E-state index contributed by atoms with van der Waals surface area (Å²) in [6, 6.07) is 14.0. The van der Waals surface area contributed by atoms with Gasteiger partial charge in [-0.05, 0) is 49.4 Å². The van der Waals surface area contributed by atoms with Crippen LogP contribution in [0.25, 0.3) is 21.9 Å². The maximum atomic E-state index is 5.20. The van der Waals surface area contributed by atoms with Gasteiger partial charge in [0.15, 0.2) is 0 Å². The molecule has 0 radical (unpaired) electrons. The Labute approximate surface area is 133 Å². The lowest BCUT2D eigenvalue weighted by molar-refractivity contribution is 0.415. The number of fused-ring (bicyclic) bond motifs is 3. The minimum Gasteiger partial charge on any atom is -0.497 e. The molecule has 5 heteroatoms. The zero-order chi connectivity index (χ0) is 15.8. The number of pyridine rings is 1. The van der Waals surface area contributed by atoms with Crippen LogP contribution in [0.15, 0.2) is 48.8 Å². The van der Waals surface area contributed by atoms with Gasteiger partial charge >= 0.3 is 0 Å². The summed E-state index contributed by atoms with van der Waals surface area (Å²) < 4.78 is 5.20. The molecule has 4 aromatic rings. The van der Waals surface area contributed by atoms with Crippen LogP contribution in [0.5, 0.6) is 5.75 Å². The highest BCUT2D eigenvalue weighted by molar-refractivity contribution is 6.10. The van der Waals surface area contributed by atoms with Crippen LogP contribution in [0.4, 0.5) is 11.4 Å². The first-order valence-corrected chi connectivity index (χ1v) is 7.39. The summed E-state index contributed by atoms with van der Waals surface area (Å²) in [5.41, 5.74) is 5.91. The van der Waals surface area contributed by atoms with Crippen molar-refractivity contribution < 1.29 is 4.74 Å². The summed E-state index contributed by atoms with van der Waals surface area (Å²) in [6.07, 6.45) is 1.60. The lowest BCUT2D eigenvalue weighted by atomic mass is 10.1. The summed E-state index contributed by atoms with van der Waals surface area (Å²) >= 11 is 0. The summed E-state index contributed by atoms with van der Waals surface area (Å²) in [5.74, 6) is 0.835. The Hall–Kier alpha value is -3.08. The van der Waals surface area contributed by atoms with Gasteiger partial charge in [-0.3, -0.25) is 0 Å². The third kappa shape index (κ3) is 2.36. The zero-order valence-electron chi connectivity index (χ0n) is 12.9. The van der Waals surface area contributed by atoms with Crippen molar-refractivity contribution in [3.8, 4) is 5.75 Å². The molecule has 2 aromatic carbocycles. The number of imidazole rings is 1. The van der Waals surface area contributed by atoms with Crippen LogP contribution in [0, 0.1) is 6.92 Å². The molecule has 0 fully saturated rings. The highest BCUT2D eigenvalue weighted by Gasteiger charge is 2.10. The van der Waals surface area contributed by atoms with E-state index in [-0.39, 0.29) is 0 Å². The average Bonchev–Trinajstić information content (AvgIpc) is 3.03. The quantitative estimate of drug-likeness (QED) is 0.596. The van der Waals surface area contributed by atoms with Crippen LogP contribution < -0.4 is 10.1 Å². The second kappa shape index (κ2) is 5.28. The largest absolute Gasteiger partial charge is 0.497 e. The van der Waals surface area contributed by atoms with Crippen LogP contribution in [0.3, 0.4) is 0 Å². The highest BCUT2D eigenvalue weighted by Crippen LogP contribution is 2.31. The fourth-order valence-electron chi connectivity index (χ4n) is 2.81. The molecular formula is C18H16N4O. The maximum absolute atomic E-state index is 5.20. The number of aromatic amines is 1. The van der Waals surface area contributed by atoms with E-state index < -0.39 is 0 Å². The maximum Gasteiger partial charge on any atom is 0.119 e. The zero-order valence-corrected chi connectivity index (χ0v) is 12.9. The van der Waals surface area contributed by atoms with Crippen molar-refractivity contribution >= 4 is 33.3 Å². The van der Waals surface area contributed by atoms with Crippen LogP contribution in [-0.2, 0) is 0 Å². The number of rotatable bonds is 3. The van der Waals surface area contributed by atoms with Crippen molar-refractivity contribution in [2.75, 3.05) is 12.4 Å². The van der Waals surface area contributed by atoms with Gasteiger partial charge in [-0.2, -0.15) is 0 Å². The third-order valence-corrected chi connectivity index (χ3v) is 3.87. The summed E-state index contributed by atoms with van der Waals surface area (Å²) in [4.78, 5) is 12.1. The Morgan fingerprint density at radius 3 is 2.65 bits per heavy atom. The molecule has 114 valence electrons. The van der Waals surface area contributed by atoms with Gasteiger partial charge in [0.1, 0.15) is 17.6 Å². The monoisotopic (exact) mass is 304 g/mol. The number of aromatic nitrogens is 3. The Morgan fingerprint density at radius 2 is 1.87 bits per heavy atom. The van der Waals surface area contributed by atoms with Crippen LogP contribution in [-0.4, -0.2) is 22.1 Å². The molecule has 0 amide bonds. The highest BCUT2D eigenvalue weighted by atomic mass is 16.5. The lowest BCUT2D eigenvalue weighted by Gasteiger charge is -2.12. The Bertz CT molecular complexity index is 989. The van der Waals surface area contributed by atoms with E-state index in [2.05, 4.69) is 26.3 Å². The third-order valence-electron chi connectivity index (χ3n) is 3.87. The number of H-pyrrole nitrogens is 1. The normalized spacial score (nSPS) is 11.0. The van der Waals surface area contributed by atoms with E-state index in [1.54, 1.807) is 13.4 Å². The number of nitrogens with one attached hydrogen (secondary N) is 2. The first kappa shape index (κ1) is 13.6. The first-order valence-electron chi connectivity index (χ1n) is 7.39. The molecule has 4 rings (SSSR count). The van der Waals surface area contributed by atoms with Crippen molar-refractivity contribution in [3.63, 3.8) is 0 Å². The molecule has 0 aliphatic carbocycles. The lowest BCUT2D eigenvalue weighted by Crippen LogP contribution is -1.95. The molecule has 0 unspecified atom stereocenters. The van der Waals surface area contributed by atoms with Gasteiger partial charge in [0.05, 0.1) is 18.3 Å². The number of hydrogen-bond acceptors (Lipinski definition) is 4. The van der Waals surface area contributed by atoms with Gasteiger partial charge in [-0.15, -0.1) is 0 Å². The van der Waals surface area contributed by atoms with E-state index in [0.717, 1.165) is 44.8 Å². The standard InChI is InChI=1S/C18H16N4O/c1-11-9-16(22-12-3-5-13(23-2)6-4-12)17-14(21-11)7-8-15-18(17)20-10-19-15/h3-10,21-22H,1-2H3. The van der Waals surface area contributed by atoms with Crippen molar-refractivity contribution in [2.24, 2.45) is 0 Å². The van der Waals surface area contributed by atoms with Crippen LogP contribution in [0.1, 0.15) is 5.69 Å². The molecule has 0 aliphatic heterocycles. The molecule has 0 atom stereocenters. The number of benzene rings is 2. The van der Waals surface area contributed by atoms with Crippen molar-refractivity contribution in [2.45, 2.75) is 6.92 Å².